The van der Waals surface area contributed by atoms with Crippen LogP contribution in [0.3, 0.4) is 0 Å². The van der Waals surface area contributed by atoms with Crippen LogP contribution in [0.4, 0.5) is 0 Å². The molecule has 1 aliphatic rings. The summed E-state index contributed by atoms with van der Waals surface area (Å²) in [6.45, 7) is 0. The quantitative estimate of drug-likeness (QED) is 0.386. The second kappa shape index (κ2) is 6.43. The van der Waals surface area contributed by atoms with Crippen LogP contribution in [-0.2, 0) is 0 Å². The summed E-state index contributed by atoms with van der Waals surface area (Å²) in [7, 11) is 0. The minimum Gasteiger partial charge on any atom is -0.872 e. The average molecular weight is 284 g/mol. The van der Waals surface area contributed by atoms with Crippen LogP contribution in [0.15, 0.2) is 36.4 Å². The van der Waals surface area contributed by atoms with Crippen molar-refractivity contribution in [2.75, 3.05) is 0 Å². The molecule has 0 bridgehead atoms. The topological polar surface area (TPSA) is 80.3 Å². The first-order valence-electron chi connectivity index (χ1n) is 5.30. The number of rotatable bonds is 0. The molecule has 88 valence electrons. The molecule has 0 aliphatic heterocycles. The Labute approximate surface area is 159 Å². The summed E-state index contributed by atoms with van der Waals surface area (Å²) < 4.78 is 0. The monoisotopic (exact) mass is 284 g/mol. The Balaban J connectivity index is 0.000001000. The van der Waals surface area contributed by atoms with E-state index in [9.17, 15) is 19.8 Å². The van der Waals surface area contributed by atoms with Crippen LogP contribution in [0.1, 0.15) is 31.8 Å². The van der Waals surface area contributed by atoms with Crippen LogP contribution in [0.2, 0.25) is 0 Å². The zero-order chi connectivity index (χ0) is 12.9. The Kier molecular flexibility index (Phi) is 5.61. The van der Waals surface area contributed by atoms with Crippen molar-refractivity contribution in [3.8, 4) is 11.5 Å². The molecule has 4 nitrogen and oxygen atoms in total. The molecule has 1 aliphatic carbocycles. The molecule has 0 spiro atoms. The van der Waals surface area contributed by atoms with Gasteiger partial charge < -0.3 is 10.2 Å². The van der Waals surface area contributed by atoms with Crippen molar-refractivity contribution in [2.45, 2.75) is 0 Å². The Morgan fingerprint density at radius 1 is 0.650 bits per heavy atom. The Hall–Kier alpha value is -0.620. The third-order valence-electron chi connectivity index (χ3n) is 3.00. The molecule has 0 atom stereocenters. The number of fused-ring (bicyclic) bond motifs is 2. The van der Waals surface area contributed by atoms with E-state index in [1.54, 1.807) is 12.1 Å². The van der Waals surface area contributed by atoms with Gasteiger partial charge in [-0.05, 0) is 0 Å². The van der Waals surface area contributed by atoms with E-state index in [4.69, 9.17) is 0 Å². The smallest absolute Gasteiger partial charge is 0.872 e. The van der Waals surface area contributed by atoms with Crippen molar-refractivity contribution in [2.24, 2.45) is 0 Å². The van der Waals surface area contributed by atoms with Gasteiger partial charge in [0, 0.05) is 22.3 Å². The third-order valence-corrected chi connectivity index (χ3v) is 3.00. The normalized spacial score (nSPS) is 11.8. The molecular weight excluding hydrogens is 278 g/mol. The standard InChI is InChI=1S/C14H8O4.2Na/c15-9-5-6-10(16)12-11(9)13(17)7-3-1-2-4-8(7)14(12)18;;/h1-6,15-16H;;/q;2*+1/p-2. The van der Waals surface area contributed by atoms with Gasteiger partial charge in [-0.2, -0.15) is 0 Å². The first kappa shape index (κ1) is 17.4. The van der Waals surface area contributed by atoms with Gasteiger partial charge in [0.25, 0.3) is 0 Å². The molecule has 2 aromatic carbocycles. The van der Waals surface area contributed by atoms with Crippen LogP contribution >= 0.6 is 0 Å². The molecule has 0 radical (unpaired) electrons. The van der Waals surface area contributed by atoms with E-state index in [0.29, 0.717) is 0 Å². The molecule has 0 amide bonds. The van der Waals surface area contributed by atoms with Crippen molar-refractivity contribution in [3.05, 3.63) is 58.7 Å². The predicted octanol–water partition coefficient (Wildman–Crippen LogP) is -5.38. The molecule has 20 heavy (non-hydrogen) atoms. The first-order chi connectivity index (χ1) is 8.61. The molecule has 0 saturated heterocycles. The van der Waals surface area contributed by atoms with E-state index in [1.807, 2.05) is 0 Å². The molecule has 0 aromatic heterocycles. The van der Waals surface area contributed by atoms with Crippen LogP contribution in [0.25, 0.3) is 0 Å². The van der Waals surface area contributed by atoms with Crippen LogP contribution in [0.5, 0.6) is 11.5 Å². The summed E-state index contributed by atoms with van der Waals surface area (Å²) in [5.74, 6) is -2.28. The van der Waals surface area contributed by atoms with Gasteiger partial charge in [-0.15, -0.1) is 0 Å². The summed E-state index contributed by atoms with van der Waals surface area (Å²) in [4.78, 5) is 24.3. The van der Waals surface area contributed by atoms with Crippen LogP contribution < -0.4 is 69.3 Å². The maximum absolute atomic E-state index is 12.1. The minimum atomic E-state index is -0.586. The molecule has 0 fully saturated rings. The van der Waals surface area contributed by atoms with Crippen LogP contribution in [-0.4, -0.2) is 11.6 Å². The van der Waals surface area contributed by atoms with Crippen molar-refractivity contribution < 1.29 is 78.9 Å². The van der Waals surface area contributed by atoms with Crippen molar-refractivity contribution in [1.82, 2.24) is 0 Å². The second-order valence-corrected chi connectivity index (χ2v) is 4.02. The summed E-state index contributed by atoms with van der Waals surface area (Å²) >= 11 is 0. The van der Waals surface area contributed by atoms with Gasteiger partial charge in [0.15, 0.2) is 11.6 Å². The van der Waals surface area contributed by atoms with Gasteiger partial charge in [-0.3, -0.25) is 9.59 Å². The molecule has 0 unspecified atom stereocenters. The summed E-state index contributed by atoms with van der Waals surface area (Å²) in [5, 5.41) is 23.3. The van der Waals surface area contributed by atoms with E-state index in [2.05, 4.69) is 0 Å². The number of hydrogen-bond donors (Lipinski definition) is 0. The van der Waals surface area contributed by atoms with Crippen molar-refractivity contribution >= 4 is 11.6 Å². The van der Waals surface area contributed by atoms with Crippen molar-refractivity contribution in [1.29, 1.82) is 0 Å². The number of benzene rings is 2. The third kappa shape index (κ3) is 2.48. The van der Waals surface area contributed by atoms with Gasteiger partial charge in [-0.1, -0.05) is 47.9 Å². The zero-order valence-electron chi connectivity index (χ0n) is 11.1. The molecule has 0 N–H and O–H groups in total. The fraction of sp³-hybridized carbons (Fsp3) is 0. The van der Waals surface area contributed by atoms with Gasteiger partial charge in [0.1, 0.15) is 0 Å². The molecule has 3 rings (SSSR count). The van der Waals surface area contributed by atoms with Crippen molar-refractivity contribution in [3.63, 3.8) is 0 Å². The summed E-state index contributed by atoms with van der Waals surface area (Å²) in [6.07, 6.45) is 0. The van der Waals surface area contributed by atoms with Gasteiger partial charge in [0.05, 0.1) is 0 Å². The molecule has 2 aromatic rings. The molecular formula is C14H6Na2O4. The van der Waals surface area contributed by atoms with Gasteiger partial charge in [0.2, 0.25) is 0 Å². The molecule has 6 heteroatoms. The van der Waals surface area contributed by atoms with Gasteiger partial charge >= 0.3 is 59.1 Å². The average Bonchev–Trinajstić information content (AvgIpc) is 2.38. The van der Waals surface area contributed by atoms with E-state index in [0.717, 1.165) is 12.1 Å². The van der Waals surface area contributed by atoms with E-state index in [-0.39, 0.29) is 81.4 Å². The first-order valence-corrected chi connectivity index (χ1v) is 5.30. The van der Waals surface area contributed by atoms with E-state index in [1.165, 1.54) is 12.1 Å². The number of carbonyl (C=O) groups is 2. The predicted molar refractivity (Wildman–Crippen MR) is 58.6 cm³/mol. The number of ketones is 2. The maximum atomic E-state index is 12.1. The minimum absolute atomic E-state index is 0. The second-order valence-electron chi connectivity index (χ2n) is 4.02. The number of carbonyl (C=O) groups excluding carboxylic acids is 2. The number of hydrogen-bond acceptors (Lipinski definition) is 4. The summed E-state index contributed by atoms with van der Waals surface area (Å²) in [5.41, 5.74) is -0.243. The molecule has 0 saturated carbocycles. The van der Waals surface area contributed by atoms with E-state index < -0.39 is 23.1 Å². The maximum Gasteiger partial charge on any atom is 1.00 e. The zero-order valence-corrected chi connectivity index (χ0v) is 15.1. The Morgan fingerprint density at radius 2 is 1.00 bits per heavy atom. The SMILES string of the molecule is O=C1c2ccccc2C(=O)c2c([O-])ccc([O-])c21.[Na+].[Na+]. The van der Waals surface area contributed by atoms with Crippen LogP contribution in [0, 0.1) is 0 Å². The fourth-order valence-corrected chi connectivity index (χ4v) is 2.16. The Morgan fingerprint density at radius 3 is 1.35 bits per heavy atom. The van der Waals surface area contributed by atoms with Gasteiger partial charge in [-0.25, -0.2) is 0 Å². The fourth-order valence-electron chi connectivity index (χ4n) is 2.16. The molecule has 0 heterocycles. The van der Waals surface area contributed by atoms with E-state index >= 15 is 0 Å². The Bertz CT molecular complexity index is 650. The summed E-state index contributed by atoms with van der Waals surface area (Å²) in [6, 6.07) is 8.24. The largest absolute Gasteiger partial charge is 1.00 e.